The van der Waals surface area contributed by atoms with Crippen LogP contribution in [-0.2, 0) is 15.0 Å². The van der Waals surface area contributed by atoms with Gasteiger partial charge in [0.25, 0.3) is 0 Å². The molecule has 1 fully saturated rings. The number of benzene rings is 1. The molecule has 0 atom stereocenters. The van der Waals surface area contributed by atoms with E-state index in [2.05, 4.69) is 21.2 Å². The highest BCUT2D eigenvalue weighted by atomic mass is 79.9. The number of likely N-dealkylation sites (tertiary alicyclic amines) is 1. The first-order chi connectivity index (χ1) is 12.6. The van der Waals surface area contributed by atoms with Crippen LogP contribution in [0.2, 0.25) is 0 Å². The summed E-state index contributed by atoms with van der Waals surface area (Å²) in [4.78, 5) is 26.6. The third-order valence-electron chi connectivity index (χ3n) is 4.33. The van der Waals surface area contributed by atoms with Crippen molar-refractivity contribution in [3.05, 3.63) is 33.3 Å². The van der Waals surface area contributed by atoms with Crippen molar-refractivity contribution in [1.82, 2.24) is 10.2 Å². The van der Waals surface area contributed by atoms with Crippen LogP contribution < -0.4 is 5.32 Å². The molecule has 7 heteroatoms. The van der Waals surface area contributed by atoms with E-state index < -0.39 is 22.8 Å². The first kappa shape index (κ1) is 22.5. The zero-order chi connectivity index (χ0) is 21.5. The van der Waals surface area contributed by atoms with Gasteiger partial charge >= 0.3 is 12.2 Å². The van der Waals surface area contributed by atoms with Crippen LogP contribution in [0.4, 0.5) is 9.59 Å². The second-order valence-corrected chi connectivity index (χ2v) is 10.3. The van der Waals surface area contributed by atoms with Gasteiger partial charge in [0, 0.05) is 4.47 Å². The molecule has 1 saturated heterocycles. The fourth-order valence-electron chi connectivity index (χ4n) is 3.17. The lowest BCUT2D eigenvalue weighted by atomic mass is 9.79. The minimum absolute atomic E-state index is 0.322. The maximum absolute atomic E-state index is 12.5. The summed E-state index contributed by atoms with van der Waals surface area (Å²) in [5.74, 6) is 0. The van der Waals surface area contributed by atoms with Crippen molar-refractivity contribution < 1.29 is 19.1 Å². The molecule has 0 saturated carbocycles. The van der Waals surface area contributed by atoms with Gasteiger partial charge in [-0.1, -0.05) is 22.0 Å². The number of carbonyl (C=O) groups excluding carboxylic acids is 2. The monoisotopic (exact) mass is 454 g/mol. The van der Waals surface area contributed by atoms with Gasteiger partial charge in [0.05, 0.1) is 13.1 Å². The van der Waals surface area contributed by atoms with Gasteiger partial charge in [-0.2, -0.15) is 0 Å². The van der Waals surface area contributed by atoms with Gasteiger partial charge in [-0.05, 0) is 78.1 Å². The van der Waals surface area contributed by atoms with Crippen molar-refractivity contribution in [3.8, 4) is 0 Å². The smallest absolute Gasteiger partial charge is 0.410 e. The van der Waals surface area contributed by atoms with Gasteiger partial charge in [-0.25, -0.2) is 9.59 Å². The van der Waals surface area contributed by atoms with E-state index in [4.69, 9.17) is 9.47 Å². The predicted octanol–water partition coefficient (Wildman–Crippen LogP) is 5.04. The first-order valence-electron chi connectivity index (χ1n) is 9.38. The topological polar surface area (TPSA) is 67.9 Å². The zero-order valence-corrected chi connectivity index (χ0v) is 19.6. The van der Waals surface area contributed by atoms with Crippen LogP contribution in [-0.4, -0.2) is 41.4 Å². The van der Waals surface area contributed by atoms with Gasteiger partial charge in [0.1, 0.15) is 16.7 Å². The molecule has 28 heavy (non-hydrogen) atoms. The Labute approximate surface area is 176 Å². The number of rotatable bonds is 2. The Hall–Kier alpha value is -1.76. The summed E-state index contributed by atoms with van der Waals surface area (Å²) in [5, 5.41) is 3.01. The summed E-state index contributed by atoms with van der Waals surface area (Å²) >= 11 is 3.55. The SMILES string of the molecule is Cc1cc(C2(NC(=O)OC(C)(C)C)CN(C(=O)OC(C)(C)C)C2)c(C)cc1Br. The summed E-state index contributed by atoms with van der Waals surface area (Å²) in [6.07, 6.45) is -0.892. The number of carbonyl (C=O) groups is 2. The molecule has 1 aliphatic heterocycles. The van der Waals surface area contributed by atoms with E-state index in [9.17, 15) is 9.59 Å². The summed E-state index contributed by atoms with van der Waals surface area (Å²) < 4.78 is 11.9. The maximum Gasteiger partial charge on any atom is 0.410 e. The molecular formula is C21H31BrN2O4. The molecule has 0 aromatic heterocycles. The molecule has 0 unspecified atom stereocenters. The number of amides is 2. The average molecular weight is 455 g/mol. The first-order valence-corrected chi connectivity index (χ1v) is 10.2. The Morgan fingerprint density at radius 2 is 1.54 bits per heavy atom. The highest BCUT2D eigenvalue weighted by Gasteiger charge is 2.50. The minimum Gasteiger partial charge on any atom is -0.444 e. The summed E-state index contributed by atoms with van der Waals surface area (Å²) in [6.45, 7) is 15.6. The highest BCUT2D eigenvalue weighted by molar-refractivity contribution is 9.10. The molecule has 0 aliphatic carbocycles. The van der Waals surface area contributed by atoms with Crippen LogP contribution in [0.25, 0.3) is 0 Å². The van der Waals surface area contributed by atoms with E-state index in [0.717, 1.165) is 21.2 Å². The van der Waals surface area contributed by atoms with Gasteiger partial charge in [0.15, 0.2) is 0 Å². The fourth-order valence-corrected chi connectivity index (χ4v) is 3.63. The second kappa shape index (κ2) is 7.58. The van der Waals surface area contributed by atoms with Crippen LogP contribution in [0.5, 0.6) is 0 Å². The molecule has 0 bridgehead atoms. The number of hydrogen-bond donors (Lipinski definition) is 1. The van der Waals surface area contributed by atoms with Crippen molar-refractivity contribution in [3.63, 3.8) is 0 Å². The third kappa shape index (κ3) is 5.40. The number of nitrogens with zero attached hydrogens (tertiary/aromatic N) is 1. The maximum atomic E-state index is 12.5. The molecule has 1 aromatic carbocycles. The lowest BCUT2D eigenvalue weighted by Gasteiger charge is -2.51. The summed E-state index contributed by atoms with van der Waals surface area (Å²) in [7, 11) is 0. The molecule has 0 spiro atoms. The van der Waals surface area contributed by atoms with Crippen molar-refractivity contribution in [2.45, 2.75) is 72.1 Å². The average Bonchev–Trinajstić information content (AvgIpc) is 2.42. The van der Waals surface area contributed by atoms with Crippen molar-refractivity contribution in [2.24, 2.45) is 0 Å². The highest BCUT2D eigenvalue weighted by Crippen LogP contribution is 2.37. The Bertz CT molecular complexity index is 772. The number of hydrogen-bond acceptors (Lipinski definition) is 4. The molecule has 1 aliphatic rings. The van der Waals surface area contributed by atoms with Crippen molar-refractivity contribution in [2.75, 3.05) is 13.1 Å². The Kier molecular flexibility index (Phi) is 6.10. The molecule has 2 rings (SSSR count). The zero-order valence-electron chi connectivity index (χ0n) is 18.0. The van der Waals surface area contributed by atoms with E-state index in [0.29, 0.717) is 13.1 Å². The molecule has 2 amide bonds. The van der Waals surface area contributed by atoms with Crippen LogP contribution in [0.3, 0.4) is 0 Å². The number of ether oxygens (including phenoxy) is 2. The van der Waals surface area contributed by atoms with Gasteiger partial charge < -0.3 is 19.7 Å². The molecule has 1 N–H and O–H groups in total. The molecule has 6 nitrogen and oxygen atoms in total. The number of halogens is 1. The van der Waals surface area contributed by atoms with Gasteiger partial charge in [-0.15, -0.1) is 0 Å². The van der Waals surface area contributed by atoms with Gasteiger partial charge in [0.2, 0.25) is 0 Å². The van der Waals surface area contributed by atoms with E-state index >= 15 is 0 Å². The molecule has 1 aromatic rings. The van der Waals surface area contributed by atoms with E-state index in [1.807, 2.05) is 67.5 Å². The van der Waals surface area contributed by atoms with E-state index in [1.54, 1.807) is 4.90 Å². The minimum atomic E-state index is -0.714. The molecule has 1 heterocycles. The Morgan fingerprint density at radius 1 is 1.00 bits per heavy atom. The number of nitrogens with one attached hydrogen (secondary N) is 1. The lowest BCUT2D eigenvalue weighted by Crippen LogP contribution is -2.69. The standard InChI is InChI=1S/C21H31BrN2O4/c1-13-10-16(22)14(2)9-15(13)21(23-17(25)27-19(3,4)5)11-24(12-21)18(26)28-20(6,7)8/h9-10H,11-12H2,1-8H3,(H,23,25). The molecule has 0 radical (unpaired) electrons. The second-order valence-electron chi connectivity index (χ2n) is 9.46. The largest absolute Gasteiger partial charge is 0.444 e. The van der Waals surface area contributed by atoms with E-state index in [1.165, 1.54) is 0 Å². The van der Waals surface area contributed by atoms with Crippen LogP contribution in [0, 0.1) is 13.8 Å². The van der Waals surface area contributed by atoms with E-state index in [-0.39, 0.29) is 6.09 Å². The predicted molar refractivity (Wildman–Crippen MR) is 112 cm³/mol. The number of aryl methyl sites for hydroxylation is 2. The third-order valence-corrected chi connectivity index (χ3v) is 5.19. The lowest BCUT2D eigenvalue weighted by molar-refractivity contribution is -0.0231. The summed E-state index contributed by atoms with van der Waals surface area (Å²) in [5.41, 5.74) is 1.16. The molecule has 156 valence electrons. The van der Waals surface area contributed by atoms with Crippen LogP contribution in [0.15, 0.2) is 16.6 Å². The van der Waals surface area contributed by atoms with Crippen molar-refractivity contribution >= 4 is 28.1 Å². The van der Waals surface area contributed by atoms with Crippen LogP contribution >= 0.6 is 15.9 Å². The Balaban J connectivity index is 2.30. The molecular weight excluding hydrogens is 424 g/mol. The van der Waals surface area contributed by atoms with Crippen molar-refractivity contribution in [1.29, 1.82) is 0 Å². The number of alkyl carbamates (subject to hydrolysis) is 1. The van der Waals surface area contributed by atoms with Gasteiger partial charge in [-0.3, -0.25) is 0 Å². The van der Waals surface area contributed by atoms with Crippen LogP contribution in [0.1, 0.15) is 58.2 Å². The quantitative estimate of drug-likeness (QED) is 0.679. The fraction of sp³-hybridized carbons (Fsp3) is 0.619. The summed E-state index contributed by atoms with van der Waals surface area (Å²) in [6, 6.07) is 4.07. The normalized spacial score (nSPS) is 16.2. The Morgan fingerprint density at radius 3 is 2.04 bits per heavy atom.